The molecular formula is C13H25NO. The summed E-state index contributed by atoms with van der Waals surface area (Å²) in [6.07, 6.45) is 9.70. The van der Waals surface area contributed by atoms with E-state index in [0.717, 1.165) is 32.5 Å². The largest absolute Gasteiger partial charge is 0.396 e. The van der Waals surface area contributed by atoms with E-state index in [0.29, 0.717) is 6.61 Å². The van der Waals surface area contributed by atoms with Gasteiger partial charge in [0.05, 0.1) is 0 Å². The molecule has 0 fully saturated rings. The lowest BCUT2D eigenvalue weighted by Crippen LogP contribution is -2.24. The number of hydrogen-bond donors (Lipinski definition) is 1. The molecule has 0 amide bonds. The molecule has 0 saturated carbocycles. The Hall–Kier alpha value is -0.600. The van der Waals surface area contributed by atoms with Gasteiger partial charge >= 0.3 is 0 Å². The second-order valence-electron chi connectivity index (χ2n) is 3.83. The van der Waals surface area contributed by atoms with Crippen molar-refractivity contribution >= 4 is 0 Å². The molecule has 0 bridgehead atoms. The highest BCUT2D eigenvalue weighted by atomic mass is 16.2. The Labute approximate surface area is 94.3 Å². The zero-order valence-corrected chi connectivity index (χ0v) is 9.83. The molecule has 0 rings (SSSR count). The molecule has 0 aliphatic carbocycles. The summed E-state index contributed by atoms with van der Waals surface area (Å²) >= 11 is 0. The van der Waals surface area contributed by atoms with Crippen LogP contribution in [0.25, 0.3) is 0 Å². The van der Waals surface area contributed by atoms with E-state index < -0.39 is 0 Å². The van der Waals surface area contributed by atoms with E-state index in [1.807, 2.05) is 12.2 Å². The van der Waals surface area contributed by atoms with Crippen LogP contribution in [0.2, 0.25) is 0 Å². The summed E-state index contributed by atoms with van der Waals surface area (Å²) in [5.41, 5.74) is 0. The molecular weight excluding hydrogens is 186 g/mol. The maximum Gasteiger partial charge on any atom is 0.0431 e. The summed E-state index contributed by atoms with van der Waals surface area (Å²) in [5, 5.41) is 8.62. The molecule has 0 heterocycles. The number of aliphatic hydroxyl groups is 1. The van der Waals surface area contributed by atoms with Crippen LogP contribution in [0.4, 0.5) is 0 Å². The van der Waals surface area contributed by atoms with Crippen LogP contribution < -0.4 is 0 Å². The van der Waals surface area contributed by atoms with Gasteiger partial charge < -0.3 is 5.11 Å². The minimum atomic E-state index is 0.332. The van der Waals surface area contributed by atoms with Gasteiger partial charge in [-0.3, -0.25) is 4.90 Å². The SMILES string of the molecule is C=CCN(CC=C)CCCCCCCO. The number of rotatable bonds is 11. The molecule has 0 aromatic heterocycles. The maximum absolute atomic E-state index is 8.62. The normalized spacial score (nSPS) is 10.5. The van der Waals surface area contributed by atoms with Crippen LogP contribution in [0.15, 0.2) is 25.3 Å². The fourth-order valence-electron chi connectivity index (χ4n) is 1.60. The zero-order valence-electron chi connectivity index (χ0n) is 9.83. The molecule has 0 aromatic rings. The van der Waals surface area contributed by atoms with Crippen molar-refractivity contribution in [2.75, 3.05) is 26.2 Å². The highest BCUT2D eigenvalue weighted by molar-refractivity contribution is 4.79. The molecule has 0 atom stereocenters. The third-order valence-electron chi connectivity index (χ3n) is 2.41. The van der Waals surface area contributed by atoms with Gasteiger partial charge in [0, 0.05) is 19.7 Å². The number of hydrogen-bond acceptors (Lipinski definition) is 2. The molecule has 2 nitrogen and oxygen atoms in total. The van der Waals surface area contributed by atoms with Crippen LogP contribution in [0, 0.1) is 0 Å². The fourth-order valence-corrected chi connectivity index (χ4v) is 1.60. The van der Waals surface area contributed by atoms with Crippen molar-refractivity contribution in [1.82, 2.24) is 4.90 Å². The number of nitrogens with zero attached hydrogens (tertiary/aromatic N) is 1. The van der Waals surface area contributed by atoms with Gasteiger partial charge in [0.15, 0.2) is 0 Å². The van der Waals surface area contributed by atoms with Crippen LogP contribution in [-0.4, -0.2) is 36.2 Å². The van der Waals surface area contributed by atoms with Crippen molar-refractivity contribution in [2.24, 2.45) is 0 Å². The van der Waals surface area contributed by atoms with Crippen molar-refractivity contribution in [3.05, 3.63) is 25.3 Å². The minimum absolute atomic E-state index is 0.332. The molecule has 0 spiro atoms. The fraction of sp³-hybridized carbons (Fsp3) is 0.692. The Morgan fingerprint density at radius 3 is 1.93 bits per heavy atom. The van der Waals surface area contributed by atoms with E-state index in [1.165, 1.54) is 19.3 Å². The van der Waals surface area contributed by atoms with Gasteiger partial charge in [-0.1, -0.05) is 31.4 Å². The summed E-state index contributed by atoms with van der Waals surface area (Å²) in [6.45, 7) is 10.8. The lowest BCUT2D eigenvalue weighted by Gasteiger charge is -2.18. The Kier molecular flexibility index (Phi) is 11.0. The van der Waals surface area contributed by atoms with Crippen molar-refractivity contribution in [1.29, 1.82) is 0 Å². The summed E-state index contributed by atoms with van der Waals surface area (Å²) in [5.74, 6) is 0. The maximum atomic E-state index is 8.62. The van der Waals surface area contributed by atoms with Gasteiger partial charge in [0.2, 0.25) is 0 Å². The monoisotopic (exact) mass is 211 g/mol. The van der Waals surface area contributed by atoms with Crippen LogP contribution >= 0.6 is 0 Å². The molecule has 0 unspecified atom stereocenters. The lowest BCUT2D eigenvalue weighted by atomic mass is 10.1. The van der Waals surface area contributed by atoms with Crippen LogP contribution in [0.5, 0.6) is 0 Å². The first-order chi connectivity index (χ1) is 7.35. The molecule has 15 heavy (non-hydrogen) atoms. The second kappa shape index (κ2) is 11.5. The van der Waals surface area contributed by atoms with Gasteiger partial charge in [-0.2, -0.15) is 0 Å². The first-order valence-electron chi connectivity index (χ1n) is 5.90. The van der Waals surface area contributed by atoms with Crippen molar-refractivity contribution in [3.8, 4) is 0 Å². The van der Waals surface area contributed by atoms with E-state index in [2.05, 4.69) is 18.1 Å². The summed E-state index contributed by atoms with van der Waals surface area (Å²) in [6, 6.07) is 0. The van der Waals surface area contributed by atoms with Gasteiger partial charge in [-0.15, -0.1) is 13.2 Å². The van der Waals surface area contributed by atoms with Gasteiger partial charge in [0.1, 0.15) is 0 Å². The highest BCUT2D eigenvalue weighted by Crippen LogP contribution is 2.04. The van der Waals surface area contributed by atoms with Gasteiger partial charge in [0.25, 0.3) is 0 Å². The van der Waals surface area contributed by atoms with Gasteiger partial charge in [-0.25, -0.2) is 0 Å². The highest BCUT2D eigenvalue weighted by Gasteiger charge is 1.99. The van der Waals surface area contributed by atoms with Crippen molar-refractivity contribution in [3.63, 3.8) is 0 Å². The minimum Gasteiger partial charge on any atom is -0.396 e. The molecule has 2 heteroatoms. The quantitative estimate of drug-likeness (QED) is 0.419. The summed E-state index contributed by atoms with van der Waals surface area (Å²) in [7, 11) is 0. The van der Waals surface area contributed by atoms with Crippen LogP contribution in [0.1, 0.15) is 32.1 Å². The lowest BCUT2D eigenvalue weighted by molar-refractivity contribution is 0.280. The molecule has 0 saturated heterocycles. The molecule has 0 radical (unpaired) electrons. The molecule has 1 N–H and O–H groups in total. The molecule has 88 valence electrons. The Bertz CT molecular complexity index is 147. The van der Waals surface area contributed by atoms with E-state index in [-0.39, 0.29) is 0 Å². The second-order valence-corrected chi connectivity index (χ2v) is 3.83. The zero-order chi connectivity index (χ0) is 11.4. The predicted molar refractivity (Wildman–Crippen MR) is 67.0 cm³/mol. The smallest absolute Gasteiger partial charge is 0.0431 e. The standard InChI is InChI=1S/C13H25NO/c1-3-10-14(11-4-2)12-8-6-5-7-9-13-15/h3-4,15H,1-2,5-13H2. The van der Waals surface area contributed by atoms with E-state index in [4.69, 9.17) is 5.11 Å². The molecule has 0 aromatic carbocycles. The molecule has 0 aliphatic rings. The van der Waals surface area contributed by atoms with E-state index >= 15 is 0 Å². The number of aliphatic hydroxyl groups excluding tert-OH is 1. The first kappa shape index (κ1) is 14.4. The number of unbranched alkanes of at least 4 members (excludes halogenated alkanes) is 4. The first-order valence-corrected chi connectivity index (χ1v) is 5.90. The average Bonchev–Trinajstić information content (AvgIpc) is 2.24. The predicted octanol–water partition coefficient (Wildman–Crippen LogP) is 2.60. The Morgan fingerprint density at radius 1 is 0.867 bits per heavy atom. The summed E-state index contributed by atoms with van der Waals surface area (Å²) < 4.78 is 0. The van der Waals surface area contributed by atoms with Crippen LogP contribution in [-0.2, 0) is 0 Å². The average molecular weight is 211 g/mol. The summed E-state index contributed by atoms with van der Waals surface area (Å²) in [4.78, 5) is 2.34. The van der Waals surface area contributed by atoms with E-state index in [1.54, 1.807) is 0 Å². The Morgan fingerprint density at radius 2 is 1.40 bits per heavy atom. The topological polar surface area (TPSA) is 23.5 Å². The van der Waals surface area contributed by atoms with Crippen LogP contribution in [0.3, 0.4) is 0 Å². The molecule has 0 aliphatic heterocycles. The van der Waals surface area contributed by atoms with Crippen molar-refractivity contribution in [2.45, 2.75) is 32.1 Å². The van der Waals surface area contributed by atoms with Crippen molar-refractivity contribution < 1.29 is 5.11 Å². The van der Waals surface area contributed by atoms with E-state index in [9.17, 15) is 0 Å². The third kappa shape index (κ3) is 9.70. The third-order valence-corrected chi connectivity index (χ3v) is 2.41. The van der Waals surface area contributed by atoms with Gasteiger partial charge in [-0.05, 0) is 19.4 Å². The Balaban J connectivity index is 3.35.